The lowest BCUT2D eigenvalue weighted by atomic mass is 10.1. The van der Waals surface area contributed by atoms with E-state index in [0.29, 0.717) is 12.1 Å². The number of likely N-dealkylation sites (tertiary alicyclic amines) is 1. The zero-order chi connectivity index (χ0) is 13.9. The molecule has 0 bridgehead atoms. The molecule has 3 nitrogen and oxygen atoms in total. The Bertz CT molecular complexity index is 578. The molecule has 2 heterocycles. The molecule has 2 N–H and O–H groups in total. The normalized spacial score (nSPS) is 17.5. The van der Waals surface area contributed by atoms with Crippen LogP contribution >= 0.6 is 11.3 Å². The minimum absolute atomic E-state index is 0.0796. The van der Waals surface area contributed by atoms with Gasteiger partial charge in [-0.1, -0.05) is 18.2 Å². The van der Waals surface area contributed by atoms with E-state index in [-0.39, 0.29) is 11.9 Å². The minimum Gasteiger partial charge on any atom is -0.325 e. The van der Waals surface area contributed by atoms with Gasteiger partial charge in [0, 0.05) is 17.5 Å². The molecule has 0 spiro atoms. The number of halogens is 1. The Kier molecular flexibility index (Phi) is 4.10. The van der Waals surface area contributed by atoms with Gasteiger partial charge in [0.15, 0.2) is 0 Å². The number of nitrogens with two attached hydrogens (primary N) is 1. The second kappa shape index (κ2) is 5.99. The van der Waals surface area contributed by atoms with E-state index in [1.807, 2.05) is 17.5 Å². The standard InChI is InChI=1S/C15H18FN3S/c16-13-6-2-1-5-12(13)14(19-7-3-4-8-19)15-18-11(9-17)10-20-15/h1-2,5-6,10,14H,3-4,7-9,17H2. The van der Waals surface area contributed by atoms with Crippen molar-refractivity contribution in [2.24, 2.45) is 5.73 Å². The number of aromatic nitrogens is 1. The van der Waals surface area contributed by atoms with Crippen LogP contribution in [0.2, 0.25) is 0 Å². The third-order valence-corrected chi connectivity index (χ3v) is 4.66. The van der Waals surface area contributed by atoms with Crippen LogP contribution in [0.25, 0.3) is 0 Å². The molecule has 1 atom stereocenters. The molecule has 0 radical (unpaired) electrons. The van der Waals surface area contributed by atoms with Gasteiger partial charge in [-0.3, -0.25) is 4.90 Å². The maximum Gasteiger partial charge on any atom is 0.128 e. The van der Waals surface area contributed by atoms with Gasteiger partial charge in [0.1, 0.15) is 10.8 Å². The summed E-state index contributed by atoms with van der Waals surface area (Å²) in [6.07, 6.45) is 2.33. The smallest absolute Gasteiger partial charge is 0.128 e. The van der Waals surface area contributed by atoms with E-state index < -0.39 is 0 Å². The predicted octanol–water partition coefficient (Wildman–Crippen LogP) is 2.93. The summed E-state index contributed by atoms with van der Waals surface area (Å²) in [6.45, 7) is 2.42. The number of nitrogens with zero attached hydrogens (tertiary/aromatic N) is 2. The van der Waals surface area contributed by atoms with Crippen LogP contribution in [-0.2, 0) is 6.54 Å². The quantitative estimate of drug-likeness (QED) is 0.942. The molecular weight excluding hydrogens is 273 g/mol. The highest BCUT2D eigenvalue weighted by molar-refractivity contribution is 7.09. The summed E-state index contributed by atoms with van der Waals surface area (Å²) in [4.78, 5) is 6.89. The summed E-state index contributed by atoms with van der Waals surface area (Å²) in [7, 11) is 0. The first-order chi connectivity index (χ1) is 9.79. The van der Waals surface area contributed by atoms with E-state index >= 15 is 0 Å². The highest BCUT2D eigenvalue weighted by Gasteiger charge is 2.29. The van der Waals surface area contributed by atoms with Crippen molar-refractivity contribution in [3.8, 4) is 0 Å². The van der Waals surface area contributed by atoms with E-state index in [0.717, 1.165) is 23.8 Å². The second-order valence-corrected chi connectivity index (χ2v) is 5.94. The Labute approximate surface area is 122 Å². The molecule has 1 aromatic heterocycles. The van der Waals surface area contributed by atoms with Crippen molar-refractivity contribution in [1.82, 2.24) is 9.88 Å². The fraction of sp³-hybridized carbons (Fsp3) is 0.400. The van der Waals surface area contributed by atoms with Gasteiger partial charge >= 0.3 is 0 Å². The van der Waals surface area contributed by atoms with Crippen LogP contribution in [0.3, 0.4) is 0 Å². The minimum atomic E-state index is -0.158. The zero-order valence-electron chi connectivity index (χ0n) is 11.3. The first-order valence-corrected chi connectivity index (χ1v) is 7.80. The monoisotopic (exact) mass is 291 g/mol. The maximum atomic E-state index is 14.2. The van der Waals surface area contributed by atoms with Gasteiger partial charge in [-0.15, -0.1) is 11.3 Å². The van der Waals surface area contributed by atoms with Crippen LogP contribution in [0.5, 0.6) is 0 Å². The van der Waals surface area contributed by atoms with E-state index in [9.17, 15) is 4.39 Å². The highest BCUT2D eigenvalue weighted by atomic mass is 32.1. The average molecular weight is 291 g/mol. The Balaban J connectivity index is 2.01. The van der Waals surface area contributed by atoms with Crippen molar-refractivity contribution < 1.29 is 4.39 Å². The van der Waals surface area contributed by atoms with Gasteiger partial charge in [0.05, 0.1) is 11.7 Å². The van der Waals surface area contributed by atoms with Crippen molar-refractivity contribution in [3.63, 3.8) is 0 Å². The molecule has 20 heavy (non-hydrogen) atoms. The number of hydrogen-bond acceptors (Lipinski definition) is 4. The van der Waals surface area contributed by atoms with Crippen LogP contribution in [0.4, 0.5) is 4.39 Å². The van der Waals surface area contributed by atoms with Crippen LogP contribution < -0.4 is 5.73 Å². The topological polar surface area (TPSA) is 42.1 Å². The van der Waals surface area contributed by atoms with Crippen LogP contribution in [0, 0.1) is 5.82 Å². The Hall–Kier alpha value is -1.30. The van der Waals surface area contributed by atoms with Crippen molar-refractivity contribution in [1.29, 1.82) is 0 Å². The van der Waals surface area contributed by atoms with Crippen LogP contribution in [0.15, 0.2) is 29.6 Å². The van der Waals surface area contributed by atoms with Crippen molar-refractivity contribution in [2.45, 2.75) is 25.4 Å². The first kappa shape index (κ1) is 13.7. The number of benzene rings is 1. The molecule has 1 aliphatic heterocycles. The van der Waals surface area contributed by atoms with Gasteiger partial charge in [0.25, 0.3) is 0 Å². The molecule has 5 heteroatoms. The van der Waals surface area contributed by atoms with Gasteiger partial charge in [0.2, 0.25) is 0 Å². The maximum absolute atomic E-state index is 14.2. The van der Waals surface area contributed by atoms with Crippen LogP contribution in [0.1, 0.15) is 35.1 Å². The molecule has 1 aliphatic rings. The molecule has 3 rings (SSSR count). The number of thiazole rings is 1. The molecule has 1 saturated heterocycles. The van der Waals surface area contributed by atoms with Crippen LogP contribution in [-0.4, -0.2) is 23.0 Å². The summed E-state index contributed by atoms with van der Waals surface area (Å²) >= 11 is 1.57. The molecule has 1 fully saturated rings. The first-order valence-electron chi connectivity index (χ1n) is 6.92. The lowest BCUT2D eigenvalue weighted by molar-refractivity contribution is 0.274. The summed E-state index contributed by atoms with van der Waals surface area (Å²) in [6, 6.07) is 6.92. The summed E-state index contributed by atoms with van der Waals surface area (Å²) in [5, 5.41) is 2.91. The molecular formula is C15H18FN3S. The molecule has 1 unspecified atom stereocenters. The fourth-order valence-electron chi connectivity index (χ4n) is 2.72. The van der Waals surface area contributed by atoms with Gasteiger partial charge in [-0.2, -0.15) is 0 Å². The van der Waals surface area contributed by atoms with E-state index in [1.165, 1.54) is 18.9 Å². The molecule has 2 aromatic rings. The third-order valence-electron chi connectivity index (χ3n) is 3.72. The Morgan fingerprint density at radius 3 is 2.70 bits per heavy atom. The summed E-state index contributed by atoms with van der Waals surface area (Å²) < 4.78 is 14.2. The number of rotatable bonds is 4. The third kappa shape index (κ3) is 2.61. The number of hydrogen-bond donors (Lipinski definition) is 1. The van der Waals surface area contributed by atoms with Gasteiger partial charge in [-0.25, -0.2) is 9.37 Å². The average Bonchev–Trinajstić information content (AvgIpc) is 3.13. The SMILES string of the molecule is NCc1csc(C(c2ccccc2F)N2CCCC2)n1. The Morgan fingerprint density at radius 1 is 1.30 bits per heavy atom. The summed E-state index contributed by atoms with van der Waals surface area (Å²) in [5.41, 5.74) is 7.24. The van der Waals surface area contributed by atoms with Crippen molar-refractivity contribution in [3.05, 3.63) is 51.7 Å². The van der Waals surface area contributed by atoms with Gasteiger partial charge < -0.3 is 5.73 Å². The molecule has 0 saturated carbocycles. The van der Waals surface area contributed by atoms with Crippen molar-refractivity contribution in [2.75, 3.05) is 13.1 Å². The summed E-state index contributed by atoms with van der Waals surface area (Å²) in [5.74, 6) is -0.158. The van der Waals surface area contributed by atoms with Crippen molar-refractivity contribution >= 4 is 11.3 Å². The Morgan fingerprint density at radius 2 is 2.05 bits per heavy atom. The van der Waals surface area contributed by atoms with E-state index in [2.05, 4.69) is 9.88 Å². The van der Waals surface area contributed by atoms with E-state index in [4.69, 9.17) is 5.73 Å². The molecule has 1 aromatic carbocycles. The predicted molar refractivity (Wildman–Crippen MR) is 79.1 cm³/mol. The fourth-order valence-corrected chi connectivity index (χ4v) is 3.71. The second-order valence-electron chi connectivity index (χ2n) is 5.05. The molecule has 0 amide bonds. The van der Waals surface area contributed by atoms with Gasteiger partial charge in [-0.05, 0) is 32.0 Å². The van der Waals surface area contributed by atoms with E-state index in [1.54, 1.807) is 17.4 Å². The lowest BCUT2D eigenvalue weighted by Gasteiger charge is -2.26. The molecule has 106 valence electrons. The largest absolute Gasteiger partial charge is 0.325 e. The highest BCUT2D eigenvalue weighted by Crippen LogP contribution is 2.34. The lowest BCUT2D eigenvalue weighted by Crippen LogP contribution is -2.27. The molecule has 0 aliphatic carbocycles. The zero-order valence-corrected chi connectivity index (χ0v) is 12.1.